The number of nitrogens with one attached hydrogen (secondary N) is 1. The van der Waals surface area contributed by atoms with Gasteiger partial charge in [0.05, 0.1) is 24.7 Å². The largest absolute Gasteiger partial charge is 0.491 e. The van der Waals surface area contributed by atoms with Crippen LogP contribution in [0.4, 0.5) is 14.5 Å². The molecule has 1 amide bonds. The van der Waals surface area contributed by atoms with E-state index in [1.807, 2.05) is 30.3 Å². The van der Waals surface area contributed by atoms with Crippen molar-refractivity contribution in [1.29, 1.82) is 0 Å². The Bertz CT molecular complexity index is 987. The van der Waals surface area contributed by atoms with Gasteiger partial charge in [-0.1, -0.05) is 18.2 Å². The zero-order valence-corrected chi connectivity index (χ0v) is 16.3. The molecule has 0 saturated heterocycles. The van der Waals surface area contributed by atoms with Crippen molar-refractivity contribution in [1.82, 2.24) is 4.98 Å². The number of carbonyl (C=O) groups is 1. The van der Waals surface area contributed by atoms with E-state index in [2.05, 4.69) is 10.3 Å². The summed E-state index contributed by atoms with van der Waals surface area (Å²) in [5.74, 6) is -0.842. The van der Waals surface area contributed by atoms with Crippen molar-refractivity contribution in [2.45, 2.75) is 10.6 Å². The van der Waals surface area contributed by atoms with Crippen molar-refractivity contribution < 1.29 is 23.0 Å². The van der Waals surface area contributed by atoms with Crippen LogP contribution < -0.4 is 14.8 Å². The molecular weight excluding hydrogens is 398 g/mol. The van der Waals surface area contributed by atoms with Crippen molar-refractivity contribution in [3.63, 3.8) is 0 Å². The Morgan fingerprint density at radius 1 is 1.10 bits per heavy atom. The molecular formula is C21H18F2N2O3S. The van der Waals surface area contributed by atoms with E-state index in [0.29, 0.717) is 23.3 Å². The molecule has 3 aromatic rings. The van der Waals surface area contributed by atoms with Crippen LogP contribution in [0.3, 0.4) is 0 Å². The highest BCUT2D eigenvalue weighted by molar-refractivity contribution is 7.98. The number of ether oxygens (including phenoxy) is 2. The van der Waals surface area contributed by atoms with Gasteiger partial charge in [0.25, 0.3) is 5.91 Å². The van der Waals surface area contributed by atoms with Gasteiger partial charge in [0.1, 0.15) is 11.6 Å². The number of hydrogen-bond acceptors (Lipinski definition) is 5. The molecule has 0 spiro atoms. The minimum Gasteiger partial charge on any atom is -0.491 e. The topological polar surface area (TPSA) is 60.5 Å². The summed E-state index contributed by atoms with van der Waals surface area (Å²) < 4.78 is 37.3. The fourth-order valence-electron chi connectivity index (χ4n) is 2.40. The highest BCUT2D eigenvalue weighted by Gasteiger charge is 2.12. The molecule has 1 heterocycles. The number of amides is 1. The van der Waals surface area contributed by atoms with Gasteiger partial charge < -0.3 is 14.8 Å². The summed E-state index contributed by atoms with van der Waals surface area (Å²) in [6.07, 6.45) is 1.52. The lowest BCUT2D eigenvalue weighted by Gasteiger charge is -2.12. The molecule has 0 aliphatic carbocycles. The lowest BCUT2D eigenvalue weighted by Crippen LogP contribution is -2.21. The zero-order valence-electron chi connectivity index (χ0n) is 15.5. The van der Waals surface area contributed by atoms with Gasteiger partial charge in [0, 0.05) is 22.8 Å². The summed E-state index contributed by atoms with van der Waals surface area (Å²) in [5, 5.41) is 2.34. The van der Waals surface area contributed by atoms with Crippen molar-refractivity contribution >= 4 is 23.4 Å². The van der Waals surface area contributed by atoms with Gasteiger partial charge in [-0.2, -0.15) is 0 Å². The molecule has 2 aromatic carbocycles. The fraction of sp³-hybridized carbons (Fsp3) is 0.143. The number of carbonyl (C=O) groups excluding carboxylic acids is 1. The molecule has 0 atom stereocenters. The number of anilines is 1. The summed E-state index contributed by atoms with van der Waals surface area (Å²) in [7, 11) is 1.47. The van der Waals surface area contributed by atoms with E-state index in [0.717, 1.165) is 22.7 Å². The van der Waals surface area contributed by atoms with Crippen LogP contribution in [0.15, 0.2) is 65.7 Å². The van der Waals surface area contributed by atoms with Crippen LogP contribution in [0.1, 0.15) is 5.69 Å². The third kappa shape index (κ3) is 5.92. The maximum atomic E-state index is 13.6. The molecule has 0 aliphatic rings. The number of hydrogen-bond donors (Lipinski definition) is 1. The van der Waals surface area contributed by atoms with E-state index < -0.39 is 17.5 Å². The normalized spacial score (nSPS) is 10.4. The van der Waals surface area contributed by atoms with Crippen molar-refractivity contribution in [2.75, 3.05) is 19.0 Å². The maximum Gasteiger partial charge on any atom is 0.262 e. The van der Waals surface area contributed by atoms with Crippen molar-refractivity contribution in [3.05, 3.63) is 78.1 Å². The van der Waals surface area contributed by atoms with E-state index >= 15 is 0 Å². The maximum absolute atomic E-state index is 13.6. The lowest BCUT2D eigenvalue weighted by atomic mass is 10.3. The van der Waals surface area contributed by atoms with Crippen molar-refractivity contribution in [3.8, 4) is 11.5 Å². The summed E-state index contributed by atoms with van der Waals surface area (Å²) in [6, 6.07) is 14.5. The third-order valence-corrected chi connectivity index (χ3v) is 4.85. The second-order valence-corrected chi connectivity index (χ2v) is 6.94. The Hall–Kier alpha value is -3.13. The first-order valence-corrected chi connectivity index (χ1v) is 9.62. The summed E-state index contributed by atoms with van der Waals surface area (Å²) in [5.41, 5.74) is 0.626. The van der Waals surface area contributed by atoms with Gasteiger partial charge in [-0.15, -0.1) is 11.8 Å². The predicted octanol–water partition coefficient (Wildman–Crippen LogP) is 4.68. The molecule has 1 N–H and O–H groups in total. The molecule has 0 aliphatic heterocycles. The van der Waals surface area contributed by atoms with Crippen LogP contribution in [0, 0.1) is 11.6 Å². The second-order valence-electron chi connectivity index (χ2n) is 5.89. The molecule has 0 bridgehead atoms. The van der Waals surface area contributed by atoms with Crippen molar-refractivity contribution in [2.24, 2.45) is 0 Å². The molecule has 29 heavy (non-hydrogen) atoms. The van der Waals surface area contributed by atoms with Gasteiger partial charge in [-0.25, -0.2) is 8.78 Å². The SMILES string of the molecule is COc1cnc(CSc2ccccc2)cc1OCC(=O)Nc1ccc(F)cc1F. The van der Waals surface area contributed by atoms with Gasteiger partial charge in [-0.3, -0.25) is 9.78 Å². The number of pyridine rings is 1. The number of thioether (sulfide) groups is 1. The number of methoxy groups -OCH3 is 1. The Kier molecular flexibility index (Phi) is 7.02. The Morgan fingerprint density at radius 2 is 1.90 bits per heavy atom. The standard InChI is InChI=1S/C21H18F2N2O3S/c1-27-20-11-24-15(13-29-16-5-3-2-4-6-16)10-19(20)28-12-21(26)25-18-8-7-14(22)9-17(18)23/h2-11H,12-13H2,1H3,(H,25,26). The van der Waals surface area contributed by atoms with Gasteiger partial charge in [0.2, 0.25) is 0 Å². The van der Waals surface area contributed by atoms with E-state index in [9.17, 15) is 13.6 Å². The number of nitrogens with zero attached hydrogens (tertiary/aromatic N) is 1. The first kappa shape index (κ1) is 20.6. The van der Waals surface area contributed by atoms with Crippen LogP contribution in [0.5, 0.6) is 11.5 Å². The molecule has 0 radical (unpaired) electrons. The molecule has 3 rings (SSSR count). The third-order valence-electron chi connectivity index (χ3n) is 3.80. The number of benzene rings is 2. The zero-order chi connectivity index (χ0) is 20.6. The lowest BCUT2D eigenvalue weighted by molar-refractivity contribution is -0.118. The van der Waals surface area contributed by atoms with E-state index in [-0.39, 0.29) is 12.3 Å². The van der Waals surface area contributed by atoms with Gasteiger partial charge >= 0.3 is 0 Å². The molecule has 8 heteroatoms. The Morgan fingerprint density at radius 3 is 2.62 bits per heavy atom. The summed E-state index contributed by atoms with van der Waals surface area (Å²) in [6.45, 7) is -0.373. The minimum atomic E-state index is -0.861. The van der Waals surface area contributed by atoms with Crippen LogP contribution >= 0.6 is 11.8 Å². The first-order chi connectivity index (χ1) is 14.0. The molecule has 0 unspecified atom stereocenters. The molecule has 0 fully saturated rings. The van der Waals surface area contributed by atoms with E-state index in [4.69, 9.17) is 9.47 Å². The van der Waals surface area contributed by atoms with Gasteiger partial charge in [-0.05, 0) is 24.3 Å². The highest BCUT2D eigenvalue weighted by atomic mass is 32.2. The molecule has 150 valence electrons. The van der Waals surface area contributed by atoms with Gasteiger partial charge in [0.15, 0.2) is 18.1 Å². The number of aromatic nitrogens is 1. The predicted molar refractivity (Wildman–Crippen MR) is 107 cm³/mol. The second kappa shape index (κ2) is 9.88. The summed E-state index contributed by atoms with van der Waals surface area (Å²) in [4.78, 5) is 17.5. The highest BCUT2D eigenvalue weighted by Crippen LogP contribution is 2.29. The first-order valence-electron chi connectivity index (χ1n) is 8.63. The number of rotatable bonds is 8. The average molecular weight is 416 g/mol. The smallest absolute Gasteiger partial charge is 0.262 e. The van der Waals surface area contributed by atoms with Crippen LogP contribution in [0.25, 0.3) is 0 Å². The van der Waals surface area contributed by atoms with Crippen LogP contribution in [0.2, 0.25) is 0 Å². The monoisotopic (exact) mass is 416 g/mol. The van der Waals surface area contributed by atoms with E-state index in [1.54, 1.807) is 17.8 Å². The van der Waals surface area contributed by atoms with Crippen LogP contribution in [-0.2, 0) is 10.5 Å². The summed E-state index contributed by atoms with van der Waals surface area (Å²) >= 11 is 1.61. The number of halogens is 2. The van der Waals surface area contributed by atoms with E-state index in [1.165, 1.54) is 13.3 Å². The fourth-order valence-corrected chi connectivity index (χ4v) is 3.23. The average Bonchev–Trinajstić information content (AvgIpc) is 2.73. The Balaban J connectivity index is 1.62. The molecule has 1 aromatic heterocycles. The van der Waals surface area contributed by atoms with Crippen LogP contribution in [-0.4, -0.2) is 24.6 Å². The quantitative estimate of drug-likeness (QED) is 0.541. The minimum absolute atomic E-state index is 0.123. The Labute approximate surface area is 171 Å². The molecule has 0 saturated carbocycles. The molecule has 5 nitrogen and oxygen atoms in total.